The van der Waals surface area contributed by atoms with Crippen molar-refractivity contribution in [1.29, 1.82) is 0 Å². The van der Waals surface area contributed by atoms with Crippen LogP contribution in [0.25, 0.3) is 0 Å². The van der Waals surface area contributed by atoms with Crippen molar-refractivity contribution >= 4 is 23.2 Å². The molecule has 0 fully saturated rings. The van der Waals surface area contributed by atoms with Gasteiger partial charge in [0.15, 0.2) is 0 Å². The number of hydrogen-bond donors (Lipinski definition) is 0. The van der Waals surface area contributed by atoms with Gasteiger partial charge in [0.1, 0.15) is 10.9 Å². The molecule has 0 radical (unpaired) electrons. The van der Waals surface area contributed by atoms with E-state index in [0.29, 0.717) is 24.7 Å². The summed E-state index contributed by atoms with van der Waals surface area (Å²) in [7, 11) is 0. The zero-order valence-corrected chi connectivity index (χ0v) is 11.5. The molecule has 2 heterocycles. The number of ether oxygens (including phenoxy) is 1. The van der Waals surface area contributed by atoms with Crippen LogP contribution in [0, 0.1) is 0 Å². The van der Waals surface area contributed by atoms with Gasteiger partial charge in [-0.05, 0) is 29.8 Å². The molecule has 2 aromatic rings. The van der Waals surface area contributed by atoms with Crippen LogP contribution in [0.3, 0.4) is 0 Å². The average Bonchev–Trinajstić information content (AvgIpc) is 2.59. The number of para-hydroxylation sites is 2. The summed E-state index contributed by atoms with van der Waals surface area (Å²) < 4.78 is 5.61. The van der Waals surface area contributed by atoms with E-state index in [1.165, 1.54) is 0 Å². The highest BCUT2D eigenvalue weighted by Gasteiger charge is 2.23. The first-order chi connectivity index (χ1) is 9.74. The molecular formula is C15H13ClN2O2. The van der Waals surface area contributed by atoms with Crippen LogP contribution in [-0.2, 0) is 11.3 Å². The number of benzene rings is 1. The minimum absolute atomic E-state index is 0.0443. The fourth-order valence-corrected chi connectivity index (χ4v) is 2.41. The molecule has 20 heavy (non-hydrogen) atoms. The van der Waals surface area contributed by atoms with Crippen molar-refractivity contribution in [2.75, 3.05) is 11.5 Å². The molecule has 4 nitrogen and oxygen atoms in total. The van der Waals surface area contributed by atoms with E-state index in [1.54, 1.807) is 17.2 Å². The fourth-order valence-electron chi connectivity index (χ4n) is 2.22. The Morgan fingerprint density at radius 1 is 1.30 bits per heavy atom. The van der Waals surface area contributed by atoms with Gasteiger partial charge < -0.3 is 9.64 Å². The number of rotatable bonds is 2. The molecule has 0 atom stereocenters. The third kappa shape index (κ3) is 2.60. The van der Waals surface area contributed by atoms with Crippen molar-refractivity contribution in [1.82, 2.24) is 4.98 Å². The molecule has 0 unspecified atom stereocenters. The molecule has 0 aliphatic carbocycles. The first kappa shape index (κ1) is 12.9. The summed E-state index contributed by atoms with van der Waals surface area (Å²) >= 11 is 5.89. The predicted octanol–water partition coefficient (Wildman–Crippen LogP) is 3.05. The van der Waals surface area contributed by atoms with Crippen molar-refractivity contribution in [2.45, 2.75) is 13.0 Å². The largest absolute Gasteiger partial charge is 0.491 e. The van der Waals surface area contributed by atoms with E-state index < -0.39 is 0 Å². The molecule has 0 spiro atoms. The molecule has 1 aromatic carbocycles. The lowest BCUT2D eigenvalue weighted by Gasteiger charge is -2.22. The number of carbonyl (C=O) groups is 1. The van der Waals surface area contributed by atoms with Crippen LogP contribution < -0.4 is 9.64 Å². The summed E-state index contributed by atoms with van der Waals surface area (Å²) in [4.78, 5) is 17.9. The topological polar surface area (TPSA) is 42.4 Å². The van der Waals surface area contributed by atoms with E-state index in [9.17, 15) is 4.79 Å². The smallest absolute Gasteiger partial charge is 0.230 e. The van der Waals surface area contributed by atoms with Crippen molar-refractivity contribution in [3.8, 4) is 5.75 Å². The Labute approximate surface area is 122 Å². The Kier molecular flexibility index (Phi) is 3.56. The standard InChI is InChI=1S/C15H13ClN2O2/c16-14-9-11(5-7-17-14)10-18-12-3-1-2-4-13(12)20-8-6-15(18)19/h1-5,7,9H,6,8,10H2. The summed E-state index contributed by atoms with van der Waals surface area (Å²) in [6, 6.07) is 11.2. The predicted molar refractivity (Wildman–Crippen MR) is 77.0 cm³/mol. The first-order valence-electron chi connectivity index (χ1n) is 6.36. The van der Waals surface area contributed by atoms with E-state index in [-0.39, 0.29) is 5.91 Å². The Morgan fingerprint density at radius 3 is 3.00 bits per heavy atom. The Morgan fingerprint density at radius 2 is 2.15 bits per heavy atom. The van der Waals surface area contributed by atoms with Crippen LogP contribution >= 0.6 is 11.6 Å². The highest BCUT2D eigenvalue weighted by molar-refractivity contribution is 6.29. The lowest BCUT2D eigenvalue weighted by molar-refractivity contribution is -0.118. The van der Waals surface area contributed by atoms with Crippen molar-refractivity contribution < 1.29 is 9.53 Å². The number of carbonyl (C=O) groups excluding carboxylic acids is 1. The summed E-state index contributed by atoms with van der Waals surface area (Å²) in [5.74, 6) is 0.779. The summed E-state index contributed by atoms with van der Waals surface area (Å²) in [6.45, 7) is 0.866. The van der Waals surface area contributed by atoms with Gasteiger partial charge >= 0.3 is 0 Å². The van der Waals surface area contributed by atoms with Gasteiger partial charge in [-0.3, -0.25) is 4.79 Å². The zero-order valence-electron chi connectivity index (χ0n) is 10.8. The zero-order chi connectivity index (χ0) is 13.9. The van der Waals surface area contributed by atoms with Gasteiger partial charge in [0.25, 0.3) is 0 Å². The molecule has 0 bridgehead atoms. The highest BCUT2D eigenvalue weighted by atomic mass is 35.5. The van der Waals surface area contributed by atoms with Gasteiger partial charge in [-0.15, -0.1) is 0 Å². The third-order valence-corrected chi connectivity index (χ3v) is 3.37. The van der Waals surface area contributed by atoms with E-state index >= 15 is 0 Å². The quantitative estimate of drug-likeness (QED) is 0.798. The Hall–Kier alpha value is -2.07. The minimum atomic E-state index is 0.0443. The maximum Gasteiger partial charge on any atom is 0.230 e. The number of halogens is 1. The van der Waals surface area contributed by atoms with Crippen molar-refractivity contribution in [3.05, 3.63) is 53.3 Å². The Bertz CT molecular complexity index is 645. The van der Waals surface area contributed by atoms with Crippen molar-refractivity contribution in [3.63, 3.8) is 0 Å². The first-order valence-corrected chi connectivity index (χ1v) is 6.74. The second kappa shape index (κ2) is 5.51. The van der Waals surface area contributed by atoms with Crippen LogP contribution in [0.4, 0.5) is 5.69 Å². The third-order valence-electron chi connectivity index (χ3n) is 3.16. The van der Waals surface area contributed by atoms with Crippen LogP contribution in [-0.4, -0.2) is 17.5 Å². The number of pyridine rings is 1. The number of hydrogen-bond acceptors (Lipinski definition) is 3. The second-order valence-electron chi connectivity index (χ2n) is 4.53. The second-order valence-corrected chi connectivity index (χ2v) is 4.92. The number of amides is 1. The normalized spacial score (nSPS) is 14.4. The average molecular weight is 289 g/mol. The number of aromatic nitrogens is 1. The molecule has 1 aliphatic heterocycles. The van der Waals surface area contributed by atoms with E-state index in [0.717, 1.165) is 17.0 Å². The molecule has 1 amide bonds. The molecule has 3 rings (SSSR count). The van der Waals surface area contributed by atoms with Gasteiger partial charge in [0.2, 0.25) is 5.91 Å². The van der Waals surface area contributed by atoms with Gasteiger partial charge in [0.05, 0.1) is 25.3 Å². The van der Waals surface area contributed by atoms with Gasteiger partial charge in [-0.1, -0.05) is 23.7 Å². The van der Waals surface area contributed by atoms with Crippen molar-refractivity contribution in [2.24, 2.45) is 0 Å². The molecule has 102 valence electrons. The molecular weight excluding hydrogens is 276 g/mol. The van der Waals surface area contributed by atoms with Crippen LogP contribution in [0.1, 0.15) is 12.0 Å². The number of anilines is 1. The number of nitrogens with zero attached hydrogens (tertiary/aromatic N) is 2. The SMILES string of the molecule is O=C1CCOc2ccccc2N1Cc1ccnc(Cl)c1. The van der Waals surface area contributed by atoms with Crippen LogP contribution in [0.15, 0.2) is 42.6 Å². The van der Waals surface area contributed by atoms with Gasteiger partial charge in [0, 0.05) is 6.20 Å². The maximum absolute atomic E-state index is 12.3. The molecule has 1 aliphatic rings. The maximum atomic E-state index is 12.3. The lowest BCUT2D eigenvalue weighted by Crippen LogP contribution is -2.29. The number of fused-ring (bicyclic) bond motifs is 1. The Balaban J connectivity index is 1.96. The van der Waals surface area contributed by atoms with Crippen LogP contribution in [0.5, 0.6) is 5.75 Å². The van der Waals surface area contributed by atoms with E-state index in [1.807, 2.05) is 30.3 Å². The fraction of sp³-hybridized carbons (Fsp3) is 0.200. The lowest BCUT2D eigenvalue weighted by atomic mass is 10.2. The molecule has 5 heteroatoms. The van der Waals surface area contributed by atoms with E-state index in [4.69, 9.17) is 16.3 Å². The molecule has 0 N–H and O–H groups in total. The van der Waals surface area contributed by atoms with Crippen LogP contribution in [0.2, 0.25) is 5.15 Å². The molecule has 0 saturated heterocycles. The summed E-state index contributed by atoms with van der Waals surface area (Å²) in [5, 5.41) is 0.425. The van der Waals surface area contributed by atoms with Gasteiger partial charge in [-0.2, -0.15) is 0 Å². The molecule has 0 saturated carbocycles. The monoisotopic (exact) mass is 288 g/mol. The van der Waals surface area contributed by atoms with Gasteiger partial charge in [-0.25, -0.2) is 4.98 Å². The highest BCUT2D eigenvalue weighted by Crippen LogP contribution is 2.32. The van der Waals surface area contributed by atoms with E-state index in [2.05, 4.69) is 4.98 Å². The molecule has 1 aromatic heterocycles. The summed E-state index contributed by atoms with van der Waals surface area (Å²) in [6.07, 6.45) is 2.01. The summed E-state index contributed by atoms with van der Waals surface area (Å²) in [5.41, 5.74) is 1.73. The minimum Gasteiger partial charge on any atom is -0.491 e.